The lowest BCUT2D eigenvalue weighted by Crippen LogP contribution is -2.49. The molecule has 1 aliphatic heterocycles. The number of hydrogen-bond acceptors (Lipinski definition) is 3. The lowest BCUT2D eigenvalue weighted by molar-refractivity contribution is -0.0690. The number of nitrogens with zero attached hydrogens (tertiary/aromatic N) is 2. The van der Waals surface area contributed by atoms with Gasteiger partial charge in [0, 0.05) is 13.2 Å². The summed E-state index contributed by atoms with van der Waals surface area (Å²) < 4.78 is 7.70. The van der Waals surface area contributed by atoms with Crippen LogP contribution in [-0.2, 0) is 18.3 Å². The Morgan fingerprint density at radius 1 is 1.50 bits per heavy atom. The topological polar surface area (TPSA) is 68.2 Å². The fourth-order valence-corrected chi connectivity index (χ4v) is 2.74. The van der Waals surface area contributed by atoms with Gasteiger partial charge in [-0.05, 0) is 40.2 Å². The van der Waals surface area contributed by atoms with Gasteiger partial charge < -0.3 is 15.4 Å². The minimum Gasteiger partial charge on any atom is -0.367 e. The monoisotopic (exact) mass is 280 g/mol. The highest BCUT2D eigenvalue weighted by Gasteiger charge is 2.46. The van der Waals surface area contributed by atoms with Crippen LogP contribution in [0, 0.1) is 0 Å². The van der Waals surface area contributed by atoms with Crippen molar-refractivity contribution in [3.8, 4) is 0 Å². The number of aryl methyl sites for hydroxylation is 1. The zero-order valence-corrected chi connectivity index (χ0v) is 12.9. The number of aromatic nitrogens is 2. The second-order valence-corrected chi connectivity index (χ2v) is 6.50. The highest BCUT2D eigenvalue weighted by molar-refractivity contribution is 5.74. The number of carbonyl (C=O) groups excluding carboxylic acids is 1. The second kappa shape index (κ2) is 5.09. The molecule has 0 bridgehead atoms. The highest BCUT2D eigenvalue weighted by Crippen LogP contribution is 2.37. The molecule has 0 radical (unpaired) electrons. The first-order valence-electron chi connectivity index (χ1n) is 6.91. The standard InChI is InChI=1S/C14H24N4O2/c1-13(2)8-11(14(3,4)20-13)17-12(19)15-9-10-6-7-16-18(10)5/h6-7,11H,8-9H2,1-5H3,(H2,15,17,19)/t11-/m1/s1. The van der Waals surface area contributed by atoms with Gasteiger partial charge in [-0.15, -0.1) is 0 Å². The number of carbonyl (C=O) groups is 1. The van der Waals surface area contributed by atoms with Crippen LogP contribution in [0.25, 0.3) is 0 Å². The molecule has 1 fully saturated rings. The lowest BCUT2D eigenvalue weighted by atomic mass is 9.95. The minimum absolute atomic E-state index is 0.00374. The summed E-state index contributed by atoms with van der Waals surface area (Å²) >= 11 is 0. The van der Waals surface area contributed by atoms with Crippen LogP contribution in [0.3, 0.4) is 0 Å². The average Bonchev–Trinajstić information content (AvgIpc) is 2.77. The van der Waals surface area contributed by atoms with Gasteiger partial charge in [-0.25, -0.2) is 4.79 Å². The summed E-state index contributed by atoms with van der Waals surface area (Å²) in [6, 6.07) is 1.71. The van der Waals surface area contributed by atoms with Crippen LogP contribution in [0.1, 0.15) is 39.8 Å². The quantitative estimate of drug-likeness (QED) is 0.883. The molecule has 2 heterocycles. The summed E-state index contributed by atoms with van der Waals surface area (Å²) in [5.41, 5.74) is 0.402. The van der Waals surface area contributed by atoms with E-state index in [4.69, 9.17) is 4.74 Å². The molecule has 1 saturated heterocycles. The zero-order chi connectivity index (χ0) is 15.0. The minimum atomic E-state index is -0.354. The van der Waals surface area contributed by atoms with E-state index in [1.54, 1.807) is 10.9 Å². The van der Waals surface area contributed by atoms with Gasteiger partial charge in [-0.3, -0.25) is 4.68 Å². The predicted octanol–water partition coefficient (Wildman–Crippen LogP) is 1.57. The van der Waals surface area contributed by atoms with Crippen molar-refractivity contribution < 1.29 is 9.53 Å². The van der Waals surface area contributed by atoms with Crippen molar-refractivity contribution >= 4 is 6.03 Å². The molecule has 0 spiro atoms. The van der Waals surface area contributed by atoms with E-state index in [2.05, 4.69) is 15.7 Å². The van der Waals surface area contributed by atoms with Gasteiger partial charge in [0.25, 0.3) is 0 Å². The third-order valence-corrected chi connectivity index (χ3v) is 3.73. The van der Waals surface area contributed by atoms with Gasteiger partial charge in [-0.2, -0.15) is 5.10 Å². The van der Waals surface area contributed by atoms with E-state index in [-0.39, 0.29) is 23.3 Å². The second-order valence-electron chi connectivity index (χ2n) is 6.50. The van der Waals surface area contributed by atoms with Gasteiger partial charge >= 0.3 is 6.03 Å². The normalized spacial score (nSPS) is 23.6. The van der Waals surface area contributed by atoms with Crippen LogP contribution in [0.15, 0.2) is 12.3 Å². The summed E-state index contributed by atoms with van der Waals surface area (Å²) in [7, 11) is 1.85. The summed E-state index contributed by atoms with van der Waals surface area (Å²) in [6.45, 7) is 8.56. The lowest BCUT2D eigenvalue weighted by Gasteiger charge is -2.27. The molecule has 0 saturated carbocycles. The maximum absolute atomic E-state index is 12.0. The maximum atomic E-state index is 12.0. The first kappa shape index (κ1) is 14.8. The molecular weight excluding hydrogens is 256 g/mol. The Labute approximate surface area is 119 Å². The van der Waals surface area contributed by atoms with Crippen molar-refractivity contribution in [2.45, 2.75) is 57.9 Å². The fourth-order valence-electron chi connectivity index (χ4n) is 2.74. The van der Waals surface area contributed by atoms with E-state index in [9.17, 15) is 4.79 Å². The fraction of sp³-hybridized carbons (Fsp3) is 0.714. The number of nitrogens with one attached hydrogen (secondary N) is 2. The van der Waals surface area contributed by atoms with Gasteiger partial charge in [0.05, 0.1) is 29.5 Å². The molecule has 2 rings (SSSR count). The molecule has 6 nitrogen and oxygen atoms in total. The third kappa shape index (κ3) is 3.30. The van der Waals surface area contributed by atoms with Crippen molar-refractivity contribution in [1.29, 1.82) is 0 Å². The van der Waals surface area contributed by atoms with Gasteiger partial charge in [0.15, 0.2) is 0 Å². The SMILES string of the molecule is Cn1nccc1CNC(=O)N[C@@H]1CC(C)(C)OC1(C)C. The van der Waals surface area contributed by atoms with Crippen LogP contribution in [0.5, 0.6) is 0 Å². The Bertz CT molecular complexity index is 493. The van der Waals surface area contributed by atoms with Crippen molar-refractivity contribution in [2.24, 2.45) is 7.05 Å². The molecule has 112 valence electrons. The van der Waals surface area contributed by atoms with Gasteiger partial charge in [-0.1, -0.05) is 0 Å². The smallest absolute Gasteiger partial charge is 0.315 e. The van der Waals surface area contributed by atoms with E-state index in [1.165, 1.54) is 0 Å². The molecule has 6 heteroatoms. The molecule has 1 aromatic rings. The summed E-state index contributed by atoms with van der Waals surface area (Å²) in [5.74, 6) is 0. The molecule has 0 aliphatic carbocycles. The molecule has 0 aromatic carbocycles. The van der Waals surface area contributed by atoms with Crippen LogP contribution in [0.4, 0.5) is 4.79 Å². The van der Waals surface area contributed by atoms with E-state index in [1.807, 2.05) is 40.8 Å². The Hall–Kier alpha value is -1.56. The van der Waals surface area contributed by atoms with E-state index in [0.29, 0.717) is 6.54 Å². The van der Waals surface area contributed by atoms with Crippen LogP contribution in [0.2, 0.25) is 0 Å². The van der Waals surface area contributed by atoms with Gasteiger partial charge in [0.2, 0.25) is 0 Å². The highest BCUT2D eigenvalue weighted by atomic mass is 16.5. The Kier molecular flexibility index (Phi) is 3.77. The Morgan fingerprint density at radius 3 is 2.70 bits per heavy atom. The molecule has 2 amide bonds. The zero-order valence-electron chi connectivity index (χ0n) is 12.9. The van der Waals surface area contributed by atoms with Crippen molar-refractivity contribution in [3.05, 3.63) is 18.0 Å². The molecule has 20 heavy (non-hydrogen) atoms. The first-order valence-corrected chi connectivity index (χ1v) is 6.91. The Morgan fingerprint density at radius 2 is 2.20 bits per heavy atom. The van der Waals surface area contributed by atoms with Crippen LogP contribution >= 0.6 is 0 Å². The predicted molar refractivity (Wildman–Crippen MR) is 76.2 cm³/mol. The average molecular weight is 280 g/mol. The molecule has 1 aromatic heterocycles. The summed E-state index contributed by atoms with van der Waals surface area (Å²) in [6.07, 6.45) is 2.52. The molecular formula is C14H24N4O2. The molecule has 2 N–H and O–H groups in total. The summed E-state index contributed by atoms with van der Waals surface area (Å²) in [4.78, 5) is 12.0. The maximum Gasteiger partial charge on any atom is 0.315 e. The van der Waals surface area contributed by atoms with Crippen LogP contribution < -0.4 is 10.6 Å². The van der Waals surface area contributed by atoms with Crippen molar-refractivity contribution in [3.63, 3.8) is 0 Å². The number of amides is 2. The largest absolute Gasteiger partial charge is 0.367 e. The number of hydrogen-bond donors (Lipinski definition) is 2. The summed E-state index contributed by atoms with van der Waals surface area (Å²) in [5, 5.41) is 9.92. The molecule has 1 aliphatic rings. The number of rotatable bonds is 3. The van der Waals surface area contributed by atoms with E-state index in [0.717, 1.165) is 12.1 Å². The number of urea groups is 1. The van der Waals surface area contributed by atoms with Crippen molar-refractivity contribution in [2.75, 3.05) is 0 Å². The van der Waals surface area contributed by atoms with E-state index >= 15 is 0 Å². The van der Waals surface area contributed by atoms with Gasteiger partial charge in [0.1, 0.15) is 0 Å². The number of ether oxygens (including phenoxy) is 1. The third-order valence-electron chi connectivity index (χ3n) is 3.73. The van der Waals surface area contributed by atoms with Crippen molar-refractivity contribution in [1.82, 2.24) is 20.4 Å². The van der Waals surface area contributed by atoms with Crippen LogP contribution in [-0.4, -0.2) is 33.1 Å². The molecule has 1 atom stereocenters. The Balaban J connectivity index is 1.87. The molecule has 0 unspecified atom stereocenters. The first-order chi connectivity index (χ1) is 9.20. The van der Waals surface area contributed by atoms with E-state index < -0.39 is 0 Å².